The number of carbonyl (C=O) groups excluding carboxylic acids is 1. The number of anilines is 1. The molecule has 3 rings (SSSR count). The van der Waals surface area contributed by atoms with Crippen LogP contribution in [0.4, 0.5) is 5.69 Å². The number of nitrogens with one attached hydrogen (secondary N) is 1. The maximum absolute atomic E-state index is 11.0. The number of amides is 1. The van der Waals surface area contributed by atoms with E-state index in [0.717, 1.165) is 18.6 Å². The summed E-state index contributed by atoms with van der Waals surface area (Å²) in [6.07, 6.45) is 1.89. The third-order valence-corrected chi connectivity index (χ3v) is 4.31. The summed E-state index contributed by atoms with van der Waals surface area (Å²) in [5.74, 6) is -0.0183. The van der Waals surface area contributed by atoms with E-state index in [1.165, 1.54) is 17.3 Å². The number of ether oxygens (including phenoxy) is 1. The van der Waals surface area contributed by atoms with Gasteiger partial charge in [-0.25, -0.2) is 0 Å². The Morgan fingerprint density at radius 1 is 1.60 bits per heavy atom. The van der Waals surface area contributed by atoms with E-state index < -0.39 is 0 Å². The Bertz CT molecular complexity index is 613. The average Bonchev–Trinajstić information content (AvgIpc) is 2.93. The summed E-state index contributed by atoms with van der Waals surface area (Å²) < 4.78 is 6.92. The maximum atomic E-state index is 11.0. The van der Waals surface area contributed by atoms with E-state index >= 15 is 0 Å². The normalized spacial score (nSPS) is 19.2. The standard InChI is InChI=1S/C14H17N3O2S/c1-10(18)16-8-11-9-17(5-6-19-11)13-2-4-15-12-3-7-20-14(12)13/h2-4,7,11H,5-6,8-9H2,1H3,(H,16,18)/t11-/m0/s1. The zero-order chi connectivity index (χ0) is 13.9. The molecule has 5 nitrogen and oxygen atoms in total. The van der Waals surface area contributed by atoms with Crippen LogP contribution < -0.4 is 10.2 Å². The molecular weight excluding hydrogens is 274 g/mol. The molecule has 2 aromatic heterocycles. The summed E-state index contributed by atoms with van der Waals surface area (Å²) in [6, 6.07) is 4.10. The van der Waals surface area contributed by atoms with E-state index in [-0.39, 0.29) is 12.0 Å². The highest BCUT2D eigenvalue weighted by molar-refractivity contribution is 7.17. The molecule has 0 bridgehead atoms. The summed E-state index contributed by atoms with van der Waals surface area (Å²) in [5.41, 5.74) is 2.25. The van der Waals surface area contributed by atoms with Gasteiger partial charge in [-0.2, -0.15) is 0 Å². The molecule has 1 N–H and O–H groups in total. The van der Waals surface area contributed by atoms with Crippen LogP contribution in [0.3, 0.4) is 0 Å². The fraction of sp³-hybridized carbons (Fsp3) is 0.429. The van der Waals surface area contributed by atoms with E-state index in [9.17, 15) is 4.79 Å². The van der Waals surface area contributed by atoms with Gasteiger partial charge >= 0.3 is 0 Å². The van der Waals surface area contributed by atoms with E-state index in [1.807, 2.05) is 12.3 Å². The van der Waals surface area contributed by atoms with Crippen molar-refractivity contribution in [3.8, 4) is 0 Å². The van der Waals surface area contributed by atoms with Gasteiger partial charge in [-0.05, 0) is 17.5 Å². The lowest BCUT2D eigenvalue weighted by atomic mass is 10.2. The van der Waals surface area contributed by atoms with Crippen LogP contribution in [0.25, 0.3) is 10.2 Å². The van der Waals surface area contributed by atoms with Gasteiger partial charge in [0.15, 0.2) is 0 Å². The van der Waals surface area contributed by atoms with Crippen LogP contribution in [0.2, 0.25) is 0 Å². The smallest absolute Gasteiger partial charge is 0.216 e. The molecule has 1 atom stereocenters. The van der Waals surface area contributed by atoms with Crippen LogP contribution >= 0.6 is 11.3 Å². The van der Waals surface area contributed by atoms with Gasteiger partial charge < -0.3 is 15.0 Å². The second-order valence-electron chi connectivity index (χ2n) is 4.84. The van der Waals surface area contributed by atoms with Crippen LogP contribution in [0.15, 0.2) is 23.7 Å². The number of hydrogen-bond donors (Lipinski definition) is 1. The maximum Gasteiger partial charge on any atom is 0.216 e. The Hall–Kier alpha value is -1.66. The van der Waals surface area contributed by atoms with Gasteiger partial charge in [0, 0.05) is 32.8 Å². The Balaban J connectivity index is 1.76. The number of pyridine rings is 1. The van der Waals surface area contributed by atoms with E-state index in [0.29, 0.717) is 13.2 Å². The molecule has 0 spiro atoms. The molecule has 6 heteroatoms. The molecule has 0 radical (unpaired) electrons. The minimum atomic E-state index is -0.0183. The number of aromatic nitrogens is 1. The summed E-state index contributed by atoms with van der Waals surface area (Å²) in [6.45, 7) is 4.42. The topological polar surface area (TPSA) is 54.5 Å². The number of carbonyl (C=O) groups is 1. The molecule has 1 saturated heterocycles. The minimum absolute atomic E-state index is 0.0183. The van der Waals surface area contributed by atoms with E-state index in [1.54, 1.807) is 11.3 Å². The molecule has 1 aliphatic heterocycles. The molecule has 0 saturated carbocycles. The molecule has 0 aromatic carbocycles. The van der Waals surface area contributed by atoms with Gasteiger partial charge in [-0.1, -0.05) is 0 Å². The van der Waals surface area contributed by atoms with E-state index in [4.69, 9.17) is 4.74 Å². The van der Waals surface area contributed by atoms with Crippen molar-refractivity contribution < 1.29 is 9.53 Å². The number of hydrogen-bond acceptors (Lipinski definition) is 5. The van der Waals surface area contributed by atoms with Crippen LogP contribution in [0, 0.1) is 0 Å². The van der Waals surface area contributed by atoms with E-state index in [2.05, 4.69) is 26.6 Å². The molecule has 1 fully saturated rings. The first-order valence-electron chi connectivity index (χ1n) is 6.67. The molecule has 0 aliphatic carbocycles. The summed E-state index contributed by atoms with van der Waals surface area (Å²) in [4.78, 5) is 17.7. The van der Waals surface area contributed by atoms with Crippen LogP contribution in [-0.2, 0) is 9.53 Å². The lowest BCUT2D eigenvalue weighted by Crippen LogP contribution is -2.47. The molecule has 1 aliphatic rings. The van der Waals surface area contributed by atoms with Gasteiger partial charge in [-0.3, -0.25) is 9.78 Å². The highest BCUT2D eigenvalue weighted by Gasteiger charge is 2.22. The Kier molecular flexibility index (Phi) is 3.84. The monoisotopic (exact) mass is 291 g/mol. The molecule has 106 valence electrons. The van der Waals surface area contributed by atoms with Crippen molar-refractivity contribution in [1.29, 1.82) is 0 Å². The van der Waals surface area contributed by atoms with Crippen molar-refractivity contribution in [2.24, 2.45) is 0 Å². The van der Waals surface area contributed by atoms with Crippen molar-refractivity contribution in [1.82, 2.24) is 10.3 Å². The highest BCUT2D eigenvalue weighted by Crippen LogP contribution is 2.30. The minimum Gasteiger partial charge on any atom is -0.373 e. The van der Waals surface area contributed by atoms with Crippen molar-refractivity contribution in [2.75, 3.05) is 31.1 Å². The first kappa shape index (κ1) is 13.3. The third kappa shape index (κ3) is 2.76. The fourth-order valence-electron chi connectivity index (χ4n) is 2.43. The molecule has 1 amide bonds. The lowest BCUT2D eigenvalue weighted by molar-refractivity contribution is -0.119. The van der Waals surface area contributed by atoms with Gasteiger partial charge in [0.05, 0.1) is 28.6 Å². The number of morpholine rings is 1. The number of rotatable bonds is 3. The molecule has 20 heavy (non-hydrogen) atoms. The molecule has 3 heterocycles. The van der Waals surface area contributed by atoms with Crippen LogP contribution in [0.1, 0.15) is 6.92 Å². The number of nitrogens with zero attached hydrogens (tertiary/aromatic N) is 2. The van der Waals surface area contributed by atoms with Crippen LogP contribution in [0.5, 0.6) is 0 Å². The Morgan fingerprint density at radius 2 is 2.50 bits per heavy atom. The largest absolute Gasteiger partial charge is 0.373 e. The quantitative estimate of drug-likeness (QED) is 0.934. The zero-order valence-electron chi connectivity index (χ0n) is 11.3. The zero-order valence-corrected chi connectivity index (χ0v) is 12.2. The number of fused-ring (bicyclic) bond motifs is 1. The van der Waals surface area contributed by atoms with Gasteiger partial charge in [0.2, 0.25) is 5.91 Å². The number of thiophene rings is 1. The highest BCUT2D eigenvalue weighted by atomic mass is 32.1. The summed E-state index contributed by atoms with van der Waals surface area (Å²) in [7, 11) is 0. The van der Waals surface area contributed by atoms with Crippen molar-refractivity contribution in [3.63, 3.8) is 0 Å². The van der Waals surface area contributed by atoms with Crippen molar-refractivity contribution in [3.05, 3.63) is 23.7 Å². The summed E-state index contributed by atoms with van der Waals surface area (Å²) >= 11 is 1.71. The first-order chi connectivity index (χ1) is 9.74. The van der Waals surface area contributed by atoms with Gasteiger partial charge in [0.1, 0.15) is 0 Å². The predicted octanol–water partition coefficient (Wildman–Crippen LogP) is 1.64. The second-order valence-corrected chi connectivity index (χ2v) is 5.76. The first-order valence-corrected chi connectivity index (χ1v) is 7.55. The second kappa shape index (κ2) is 5.76. The molecule has 2 aromatic rings. The third-order valence-electron chi connectivity index (χ3n) is 3.38. The average molecular weight is 291 g/mol. The van der Waals surface area contributed by atoms with Crippen molar-refractivity contribution >= 4 is 33.1 Å². The fourth-order valence-corrected chi connectivity index (χ4v) is 3.32. The Morgan fingerprint density at radius 3 is 3.35 bits per heavy atom. The lowest BCUT2D eigenvalue weighted by Gasteiger charge is -2.34. The van der Waals surface area contributed by atoms with Gasteiger partial charge in [-0.15, -0.1) is 11.3 Å². The predicted molar refractivity (Wildman–Crippen MR) is 80.3 cm³/mol. The summed E-state index contributed by atoms with van der Waals surface area (Å²) in [5, 5.41) is 4.88. The van der Waals surface area contributed by atoms with Gasteiger partial charge in [0.25, 0.3) is 0 Å². The Labute approximate surface area is 121 Å². The van der Waals surface area contributed by atoms with Crippen LogP contribution in [-0.4, -0.2) is 43.2 Å². The molecule has 0 unspecified atom stereocenters. The molecular formula is C14H17N3O2S. The SMILES string of the molecule is CC(=O)NC[C@H]1CN(c2ccnc3ccsc23)CCO1. The van der Waals surface area contributed by atoms with Crippen molar-refractivity contribution in [2.45, 2.75) is 13.0 Å².